The van der Waals surface area contributed by atoms with Crippen molar-refractivity contribution in [1.29, 1.82) is 0 Å². The fraction of sp³-hybridized carbons (Fsp3) is 0.465. The van der Waals surface area contributed by atoms with Crippen molar-refractivity contribution in [1.82, 2.24) is 0 Å². The van der Waals surface area contributed by atoms with E-state index in [2.05, 4.69) is 65.8 Å². The van der Waals surface area contributed by atoms with Crippen LogP contribution in [0, 0.1) is 10.8 Å². The van der Waals surface area contributed by atoms with Gasteiger partial charge in [-0.3, -0.25) is 0 Å². The summed E-state index contributed by atoms with van der Waals surface area (Å²) in [6.45, 7) is 19.9. The van der Waals surface area contributed by atoms with Gasteiger partial charge in [-0.1, -0.05) is 111 Å². The standard InChI is InChI=1S/C43H58O7/c1-31(21-23-37-35(5)19-13-25-42(37,7)8)15-11-17-33(3)27-39(44)47-29-49-41(46)50-30-48-40(45)28-34(4)18-12-16-32(2)22-24-38-36(6)20-14-26-43(38,9)10/h11-12,15-18,21-24,27-28H,13-14,19-20,25-26,29-30H2,1-10H3/b17-11+,18-12+,23-21+,24-22+,31-15+,32-16+,33-27+,34-28+. The molecule has 50 heavy (non-hydrogen) atoms. The van der Waals surface area contributed by atoms with Crippen LogP contribution in [0.25, 0.3) is 0 Å². The van der Waals surface area contributed by atoms with Crippen molar-refractivity contribution < 1.29 is 33.3 Å². The van der Waals surface area contributed by atoms with Gasteiger partial charge in [-0.15, -0.1) is 0 Å². The number of esters is 2. The van der Waals surface area contributed by atoms with E-state index in [4.69, 9.17) is 18.9 Å². The van der Waals surface area contributed by atoms with Crippen molar-refractivity contribution in [3.05, 3.63) is 117 Å². The first-order valence-electron chi connectivity index (χ1n) is 17.5. The molecule has 0 saturated heterocycles. The highest BCUT2D eigenvalue weighted by Gasteiger charge is 2.27. The van der Waals surface area contributed by atoms with Gasteiger partial charge in [0.1, 0.15) is 0 Å². The molecule has 0 unspecified atom stereocenters. The van der Waals surface area contributed by atoms with Crippen molar-refractivity contribution in [2.75, 3.05) is 13.6 Å². The first-order valence-corrected chi connectivity index (χ1v) is 17.5. The van der Waals surface area contributed by atoms with E-state index in [1.165, 1.54) is 60.1 Å². The van der Waals surface area contributed by atoms with Crippen LogP contribution < -0.4 is 0 Å². The average Bonchev–Trinajstić information content (AvgIpc) is 2.99. The molecule has 0 bridgehead atoms. The SMILES string of the molecule is CC1=C(/C=C/C(C)=C/C=C/C(C)=C/C(=O)OCOC(=O)OCOC(=O)/C=C(C)/C=C/C=C(C)/C=C/C2=C(C)CCCC2(C)C)C(C)(C)CCC1. The maximum Gasteiger partial charge on any atom is 0.514 e. The largest absolute Gasteiger partial charge is 0.514 e. The predicted molar refractivity (Wildman–Crippen MR) is 202 cm³/mol. The molecule has 0 amide bonds. The van der Waals surface area contributed by atoms with Gasteiger partial charge >= 0.3 is 18.1 Å². The lowest BCUT2D eigenvalue weighted by atomic mass is 9.72. The molecule has 0 N–H and O–H groups in total. The van der Waals surface area contributed by atoms with Gasteiger partial charge in [0, 0.05) is 12.2 Å². The fourth-order valence-electron chi connectivity index (χ4n) is 6.13. The lowest BCUT2D eigenvalue weighted by Crippen LogP contribution is -2.19. The maximum atomic E-state index is 12.1. The fourth-order valence-corrected chi connectivity index (χ4v) is 6.13. The molecule has 0 heterocycles. The Hall–Kier alpha value is -4.39. The van der Waals surface area contributed by atoms with Crippen LogP contribution in [0.3, 0.4) is 0 Å². The monoisotopic (exact) mass is 686 g/mol. The molecule has 2 aliphatic rings. The molecule has 0 fully saturated rings. The van der Waals surface area contributed by atoms with Crippen molar-refractivity contribution in [3.8, 4) is 0 Å². The molecule has 7 heteroatoms. The lowest BCUT2D eigenvalue weighted by molar-refractivity contribution is -0.152. The van der Waals surface area contributed by atoms with E-state index < -0.39 is 31.7 Å². The third-order valence-corrected chi connectivity index (χ3v) is 8.99. The van der Waals surface area contributed by atoms with Crippen LogP contribution in [0.5, 0.6) is 0 Å². The Morgan fingerprint density at radius 2 is 0.960 bits per heavy atom. The molecule has 0 spiro atoms. The average molecular weight is 687 g/mol. The molecule has 0 radical (unpaired) electrons. The Balaban J connectivity index is 1.70. The molecule has 2 aliphatic carbocycles. The van der Waals surface area contributed by atoms with Crippen LogP contribution in [0.1, 0.15) is 108 Å². The van der Waals surface area contributed by atoms with E-state index in [0.717, 1.165) is 24.0 Å². The molecule has 2 rings (SSSR count). The van der Waals surface area contributed by atoms with Gasteiger partial charge in [0.05, 0.1) is 0 Å². The normalized spacial score (nSPS) is 19.2. The summed E-state index contributed by atoms with van der Waals surface area (Å²) in [5, 5.41) is 0. The van der Waals surface area contributed by atoms with Gasteiger partial charge < -0.3 is 18.9 Å². The van der Waals surface area contributed by atoms with Gasteiger partial charge in [0.25, 0.3) is 0 Å². The Morgan fingerprint density at radius 3 is 1.32 bits per heavy atom. The first-order chi connectivity index (χ1) is 23.5. The predicted octanol–water partition coefficient (Wildman–Crippen LogP) is 11.2. The van der Waals surface area contributed by atoms with E-state index in [9.17, 15) is 14.4 Å². The zero-order valence-electron chi connectivity index (χ0n) is 31.9. The van der Waals surface area contributed by atoms with Gasteiger partial charge in [0.2, 0.25) is 13.6 Å². The second-order valence-corrected chi connectivity index (χ2v) is 14.5. The Bertz CT molecular complexity index is 1430. The smallest absolute Gasteiger partial charge is 0.425 e. The molecule has 0 aromatic carbocycles. The summed E-state index contributed by atoms with van der Waals surface area (Å²) < 4.78 is 19.2. The highest BCUT2D eigenvalue weighted by molar-refractivity contribution is 5.83. The zero-order chi connectivity index (χ0) is 37.3. The van der Waals surface area contributed by atoms with E-state index in [0.29, 0.717) is 11.1 Å². The molecule has 0 saturated carbocycles. The van der Waals surface area contributed by atoms with Crippen molar-refractivity contribution in [2.24, 2.45) is 10.8 Å². The van der Waals surface area contributed by atoms with E-state index in [-0.39, 0.29) is 10.8 Å². The van der Waals surface area contributed by atoms with Gasteiger partial charge in [0.15, 0.2) is 0 Å². The van der Waals surface area contributed by atoms with Gasteiger partial charge in [-0.05, 0) is 113 Å². The molecule has 0 aromatic heterocycles. The molecule has 0 atom stereocenters. The zero-order valence-corrected chi connectivity index (χ0v) is 31.9. The van der Waals surface area contributed by atoms with Crippen LogP contribution in [-0.4, -0.2) is 31.7 Å². The highest BCUT2D eigenvalue weighted by Crippen LogP contribution is 2.41. The second kappa shape index (κ2) is 20.3. The number of carbonyl (C=O) groups excluding carboxylic acids is 3. The lowest BCUT2D eigenvalue weighted by Gasteiger charge is -2.33. The minimum atomic E-state index is -1.14. The summed E-state index contributed by atoms with van der Waals surface area (Å²) in [5.41, 5.74) is 9.62. The minimum absolute atomic E-state index is 0.191. The van der Waals surface area contributed by atoms with Crippen molar-refractivity contribution >= 4 is 18.1 Å². The molecule has 0 aliphatic heterocycles. The summed E-state index contributed by atoms with van der Waals surface area (Å²) in [7, 11) is 0. The van der Waals surface area contributed by atoms with Crippen molar-refractivity contribution in [2.45, 2.75) is 108 Å². The quantitative estimate of drug-likeness (QED) is 0.0777. The number of rotatable bonds is 14. The van der Waals surface area contributed by atoms with Crippen LogP contribution >= 0.6 is 0 Å². The number of hydrogen-bond donors (Lipinski definition) is 0. The van der Waals surface area contributed by atoms with Gasteiger partial charge in [-0.25, -0.2) is 14.4 Å². The number of carbonyl (C=O) groups is 3. The summed E-state index contributed by atoms with van der Waals surface area (Å²) in [4.78, 5) is 35.9. The molecular weight excluding hydrogens is 628 g/mol. The van der Waals surface area contributed by atoms with E-state index in [1.54, 1.807) is 26.0 Å². The first kappa shape index (κ1) is 41.8. The second-order valence-electron chi connectivity index (χ2n) is 14.5. The summed E-state index contributed by atoms with van der Waals surface area (Å²) >= 11 is 0. The Kier molecular flexibility index (Phi) is 17.0. The summed E-state index contributed by atoms with van der Waals surface area (Å²) in [6.07, 6.45) is 28.5. The molecule has 0 aromatic rings. The highest BCUT2D eigenvalue weighted by atomic mass is 16.8. The number of ether oxygens (including phenoxy) is 4. The minimum Gasteiger partial charge on any atom is -0.425 e. The number of allylic oxidation sites excluding steroid dienone is 18. The maximum absolute atomic E-state index is 12.1. The van der Waals surface area contributed by atoms with Crippen LogP contribution in [-0.2, 0) is 28.5 Å². The van der Waals surface area contributed by atoms with Crippen LogP contribution in [0.15, 0.2) is 117 Å². The van der Waals surface area contributed by atoms with Crippen molar-refractivity contribution in [3.63, 3.8) is 0 Å². The van der Waals surface area contributed by atoms with Crippen LogP contribution in [0.4, 0.5) is 4.79 Å². The Labute approximate surface area is 300 Å². The third kappa shape index (κ3) is 15.4. The third-order valence-electron chi connectivity index (χ3n) is 8.99. The van der Waals surface area contributed by atoms with Crippen LogP contribution in [0.2, 0.25) is 0 Å². The van der Waals surface area contributed by atoms with Gasteiger partial charge in [-0.2, -0.15) is 0 Å². The summed E-state index contributed by atoms with van der Waals surface area (Å²) in [6, 6.07) is 0. The molecular formula is C43H58O7. The van der Waals surface area contributed by atoms with E-state index in [1.807, 2.05) is 38.2 Å². The molecule has 272 valence electrons. The Morgan fingerprint density at radius 1 is 0.580 bits per heavy atom. The van der Waals surface area contributed by atoms with E-state index >= 15 is 0 Å². The summed E-state index contributed by atoms with van der Waals surface area (Å²) in [5.74, 6) is -1.35. The number of hydrogen-bond acceptors (Lipinski definition) is 7. The molecule has 7 nitrogen and oxygen atoms in total. The topological polar surface area (TPSA) is 88.1 Å².